The lowest BCUT2D eigenvalue weighted by molar-refractivity contribution is -0.146. The Bertz CT molecular complexity index is 773. The van der Waals surface area contributed by atoms with Crippen LogP contribution in [-0.2, 0) is 14.3 Å². The molecule has 0 radical (unpaired) electrons. The number of hydrogen-bond acceptors (Lipinski definition) is 7. The summed E-state index contributed by atoms with van der Waals surface area (Å²) in [6, 6.07) is 4.08. The molecule has 3 rings (SSSR count). The van der Waals surface area contributed by atoms with Gasteiger partial charge in [0.1, 0.15) is 6.04 Å². The number of carbonyl (C=O) groups is 4. The number of fused-ring (bicyclic) bond motifs is 1. The van der Waals surface area contributed by atoms with Crippen LogP contribution in [0.2, 0.25) is 0 Å². The van der Waals surface area contributed by atoms with Gasteiger partial charge in [-0.3, -0.25) is 24.6 Å². The van der Waals surface area contributed by atoms with Gasteiger partial charge in [-0.05, 0) is 26.0 Å². The molecule has 1 fully saturated rings. The second-order valence-electron chi connectivity index (χ2n) is 6.57. The van der Waals surface area contributed by atoms with Crippen LogP contribution in [-0.4, -0.2) is 63.1 Å². The summed E-state index contributed by atoms with van der Waals surface area (Å²) in [5.41, 5.74) is 0.423. The third-order valence-electron chi connectivity index (χ3n) is 4.54. The van der Waals surface area contributed by atoms with Crippen molar-refractivity contribution in [1.29, 1.82) is 0 Å². The number of benzene rings is 1. The van der Waals surface area contributed by atoms with Gasteiger partial charge in [0, 0.05) is 4.75 Å². The van der Waals surface area contributed by atoms with Crippen LogP contribution in [0.15, 0.2) is 24.3 Å². The molecule has 1 saturated heterocycles. The fourth-order valence-corrected chi connectivity index (χ4v) is 4.79. The van der Waals surface area contributed by atoms with E-state index in [0.29, 0.717) is 0 Å². The number of carboxylic acids is 1. The van der Waals surface area contributed by atoms with Crippen LogP contribution in [0.4, 0.5) is 0 Å². The molecule has 0 aromatic heterocycles. The standard InChI is InChI=1S/C17H18N2O6S/c1-17(2)11(15(22)23)18-12(26-17)10(16(24)25-3)19-13(20)8-6-4-5-7-9(8)14(19)21/h4-7,10-12,18H,1-3H3,(H,22,23). The van der Waals surface area contributed by atoms with Crippen molar-refractivity contribution in [3.05, 3.63) is 35.4 Å². The average Bonchev–Trinajstić information content (AvgIpc) is 3.04. The molecule has 8 nitrogen and oxygen atoms in total. The Morgan fingerprint density at radius 1 is 1.23 bits per heavy atom. The summed E-state index contributed by atoms with van der Waals surface area (Å²) in [4.78, 5) is 50.3. The van der Waals surface area contributed by atoms with Crippen LogP contribution in [0.5, 0.6) is 0 Å². The fourth-order valence-electron chi connectivity index (χ4n) is 3.26. The molecule has 3 unspecified atom stereocenters. The van der Waals surface area contributed by atoms with Crippen molar-refractivity contribution in [3.63, 3.8) is 0 Å². The Morgan fingerprint density at radius 2 is 1.77 bits per heavy atom. The van der Waals surface area contributed by atoms with Gasteiger partial charge in [-0.15, -0.1) is 11.8 Å². The summed E-state index contributed by atoms with van der Waals surface area (Å²) >= 11 is 1.19. The van der Waals surface area contributed by atoms with E-state index in [2.05, 4.69) is 5.32 Å². The van der Waals surface area contributed by atoms with Crippen LogP contribution in [0.3, 0.4) is 0 Å². The van der Waals surface area contributed by atoms with Crippen LogP contribution < -0.4 is 5.32 Å². The van der Waals surface area contributed by atoms with E-state index in [-0.39, 0.29) is 11.1 Å². The van der Waals surface area contributed by atoms with E-state index >= 15 is 0 Å². The van der Waals surface area contributed by atoms with Crippen molar-refractivity contribution in [1.82, 2.24) is 10.2 Å². The molecule has 2 amide bonds. The van der Waals surface area contributed by atoms with Crippen LogP contribution in [0.25, 0.3) is 0 Å². The second kappa shape index (κ2) is 6.40. The number of nitrogens with one attached hydrogen (secondary N) is 1. The highest BCUT2D eigenvalue weighted by Crippen LogP contribution is 2.41. The summed E-state index contributed by atoms with van der Waals surface area (Å²) in [6.45, 7) is 3.44. The van der Waals surface area contributed by atoms with E-state index in [1.807, 2.05) is 0 Å². The molecule has 2 heterocycles. The first-order valence-electron chi connectivity index (χ1n) is 7.90. The third-order valence-corrected chi connectivity index (χ3v) is 6.03. The number of imide groups is 1. The van der Waals surface area contributed by atoms with E-state index < -0.39 is 46.0 Å². The molecule has 138 valence electrons. The summed E-state index contributed by atoms with van der Waals surface area (Å²) < 4.78 is 4.06. The number of amides is 2. The maximum atomic E-state index is 12.7. The molecule has 9 heteroatoms. The second-order valence-corrected chi connectivity index (χ2v) is 8.37. The van der Waals surface area contributed by atoms with Gasteiger partial charge in [-0.25, -0.2) is 4.79 Å². The van der Waals surface area contributed by atoms with Crippen molar-refractivity contribution in [2.75, 3.05) is 7.11 Å². The van der Waals surface area contributed by atoms with Crippen molar-refractivity contribution < 1.29 is 29.0 Å². The van der Waals surface area contributed by atoms with Crippen molar-refractivity contribution in [2.24, 2.45) is 0 Å². The van der Waals surface area contributed by atoms with Crippen molar-refractivity contribution in [2.45, 2.75) is 36.1 Å². The molecule has 0 spiro atoms. The zero-order valence-electron chi connectivity index (χ0n) is 14.4. The number of ether oxygens (including phenoxy) is 1. The molecule has 26 heavy (non-hydrogen) atoms. The number of carbonyl (C=O) groups excluding carboxylic acids is 3. The minimum Gasteiger partial charge on any atom is -0.480 e. The smallest absolute Gasteiger partial charge is 0.331 e. The molecule has 0 aliphatic carbocycles. The highest BCUT2D eigenvalue weighted by atomic mass is 32.2. The van der Waals surface area contributed by atoms with Gasteiger partial charge in [0.25, 0.3) is 11.8 Å². The number of carboxylic acid groups (broad SMARTS) is 1. The Balaban J connectivity index is 1.99. The van der Waals surface area contributed by atoms with Crippen molar-refractivity contribution in [3.8, 4) is 0 Å². The number of aliphatic carboxylic acids is 1. The number of esters is 1. The highest BCUT2D eigenvalue weighted by Gasteiger charge is 2.54. The summed E-state index contributed by atoms with van der Waals surface area (Å²) in [6.07, 6.45) is 0. The Morgan fingerprint density at radius 3 is 2.19 bits per heavy atom. The summed E-state index contributed by atoms with van der Waals surface area (Å²) in [7, 11) is 1.16. The van der Waals surface area contributed by atoms with E-state index in [0.717, 1.165) is 12.0 Å². The number of rotatable bonds is 4. The number of thioether (sulfide) groups is 1. The van der Waals surface area contributed by atoms with Gasteiger partial charge < -0.3 is 9.84 Å². The van der Waals surface area contributed by atoms with Crippen LogP contribution in [0, 0.1) is 0 Å². The molecule has 2 aliphatic heterocycles. The third kappa shape index (κ3) is 2.77. The first-order valence-corrected chi connectivity index (χ1v) is 8.78. The van der Waals surface area contributed by atoms with Gasteiger partial charge in [-0.2, -0.15) is 0 Å². The molecule has 0 saturated carbocycles. The number of nitrogens with zero attached hydrogens (tertiary/aromatic N) is 1. The normalized spacial score (nSPS) is 25.1. The number of hydrogen-bond donors (Lipinski definition) is 2. The molecule has 0 bridgehead atoms. The minimum absolute atomic E-state index is 0.212. The number of methoxy groups -OCH3 is 1. The SMILES string of the molecule is COC(=O)C(C1NC(C(=O)O)C(C)(C)S1)N1C(=O)c2ccccc2C1=O. The molecular formula is C17H18N2O6S. The molecular weight excluding hydrogens is 360 g/mol. The zero-order valence-corrected chi connectivity index (χ0v) is 15.2. The van der Waals surface area contributed by atoms with Crippen LogP contribution in [0.1, 0.15) is 34.6 Å². The Kier molecular flexibility index (Phi) is 4.53. The zero-order chi connectivity index (χ0) is 19.2. The van der Waals surface area contributed by atoms with Crippen molar-refractivity contribution >= 4 is 35.5 Å². The Labute approximate surface area is 153 Å². The monoisotopic (exact) mass is 378 g/mol. The van der Waals surface area contributed by atoms with Gasteiger partial charge in [0.05, 0.1) is 23.6 Å². The maximum Gasteiger partial charge on any atom is 0.331 e. The predicted octanol–water partition coefficient (Wildman–Crippen LogP) is 0.719. The lowest BCUT2D eigenvalue weighted by Crippen LogP contribution is -2.56. The van der Waals surface area contributed by atoms with Gasteiger partial charge >= 0.3 is 11.9 Å². The minimum atomic E-state index is -1.28. The van der Waals surface area contributed by atoms with E-state index in [1.54, 1.807) is 26.0 Å². The molecule has 2 aliphatic rings. The van der Waals surface area contributed by atoms with Gasteiger partial charge in [-0.1, -0.05) is 12.1 Å². The van der Waals surface area contributed by atoms with Crippen LogP contribution >= 0.6 is 11.8 Å². The van der Waals surface area contributed by atoms with Gasteiger partial charge in [0.15, 0.2) is 6.04 Å². The first kappa shape index (κ1) is 18.4. The highest BCUT2D eigenvalue weighted by molar-refractivity contribution is 8.01. The molecule has 2 N–H and O–H groups in total. The van der Waals surface area contributed by atoms with E-state index in [9.17, 15) is 24.3 Å². The fraction of sp³-hybridized carbons (Fsp3) is 0.412. The molecule has 1 aromatic carbocycles. The maximum absolute atomic E-state index is 12.7. The van der Waals surface area contributed by atoms with E-state index in [4.69, 9.17) is 4.74 Å². The summed E-state index contributed by atoms with van der Waals surface area (Å²) in [5, 5.41) is 11.5. The summed E-state index contributed by atoms with van der Waals surface area (Å²) in [5.74, 6) is -3.05. The quantitative estimate of drug-likeness (QED) is 0.582. The lowest BCUT2D eigenvalue weighted by atomic mass is 10.0. The predicted molar refractivity (Wildman–Crippen MR) is 92.8 cm³/mol. The molecule has 1 aromatic rings. The first-order chi connectivity index (χ1) is 12.2. The Hall–Kier alpha value is -2.39. The average molecular weight is 378 g/mol. The topological polar surface area (TPSA) is 113 Å². The molecule has 3 atom stereocenters. The largest absolute Gasteiger partial charge is 0.480 e. The lowest BCUT2D eigenvalue weighted by Gasteiger charge is -2.28. The van der Waals surface area contributed by atoms with Gasteiger partial charge in [0.2, 0.25) is 0 Å². The van der Waals surface area contributed by atoms with E-state index in [1.165, 1.54) is 23.9 Å².